The average molecular weight is 527 g/mol. The Morgan fingerprint density at radius 3 is 2.14 bits per heavy atom. The van der Waals surface area contributed by atoms with Gasteiger partial charge in [-0.3, -0.25) is 9.59 Å². The molecular formula is C29H32Cl2N2O3. The maximum atomic E-state index is 13.8. The molecule has 36 heavy (non-hydrogen) atoms. The van der Waals surface area contributed by atoms with Crippen LogP contribution < -0.4 is 10.1 Å². The van der Waals surface area contributed by atoms with E-state index in [1.807, 2.05) is 68.4 Å². The fraction of sp³-hybridized carbons (Fsp3) is 0.310. The van der Waals surface area contributed by atoms with Crippen LogP contribution in [0, 0.1) is 0 Å². The highest BCUT2D eigenvalue weighted by Crippen LogP contribution is 2.28. The Labute approximate surface area is 223 Å². The molecule has 0 aliphatic rings. The van der Waals surface area contributed by atoms with E-state index in [2.05, 4.69) is 5.32 Å². The lowest BCUT2D eigenvalue weighted by molar-refractivity contribution is -0.141. The van der Waals surface area contributed by atoms with E-state index in [4.69, 9.17) is 27.9 Å². The quantitative estimate of drug-likeness (QED) is 0.328. The number of benzene rings is 3. The van der Waals surface area contributed by atoms with E-state index in [0.717, 1.165) is 17.5 Å². The molecule has 190 valence electrons. The lowest BCUT2D eigenvalue weighted by atomic mass is 10.0. The highest BCUT2D eigenvalue weighted by atomic mass is 35.5. The van der Waals surface area contributed by atoms with Crippen molar-refractivity contribution in [2.45, 2.75) is 51.7 Å². The van der Waals surface area contributed by atoms with E-state index >= 15 is 0 Å². The molecule has 2 atom stereocenters. The normalized spacial score (nSPS) is 12.5. The van der Waals surface area contributed by atoms with Gasteiger partial charge in [-0.05, 0) is 48.7 Å². The predicted molar refractivity (Wildman–Crippen MR) is 146 cm³/mol. The van der Waals surface area contributed by atoms with E-state index in [0.29, 0.717) is 27.8 Å². The summed E-state index contributed by atoms with van der Waals surface area (Å²) in [4.78, 5) is 29.0. The molecule has 0 aliphatic carbocycles. The molecule has 3 rings (SSSR count). The molecule has 0 aliphatic heterocycles. The number of amides is 2. The summed E-state index contributed by atoms with van der Waals surface area (Å²) in [6.07, 6.45) is 1.26. The van der Waals surface area contributed by atoms with Crippen LogP contribution in [0.3, 0.4) is 0 Å². The number of ether oxygens (including phenoxy) is 1. The second kappa shape index (κ2) is 13.3. The van der Waals surface area contributed by atoms with Gasteiger partial charge in [0.05, 0.1) is 13.5 Å². The first-order valence-electron chi connectivity index (χ1n) is 12.0. The Bertz CT molecular complexity index is 1130. The Balaban J connectivity index is 2.00. The monoisotopic (exact) mass is 526 g/mol. The summed E-state index contributed by atoms with van der Waals surface area (Å²) in [6.45, 7) is 4.07. The van der Waals surface area contributed by atoms with Crippen LogP contribution in [0.25, 0.3) is 0 Å². The first-order valence-corrected chi connectivity index (χ1v) is 12.8. The van der Waals surface area contributed by atoms with Crippen LogP contribution in [0.5, 0.6) is 5.75 Å². The molecule has 0 unspecified atom stereocenters. The van der Waals surface area contributed by atoms with E-state index < -0.39 is 6.04 Å². The Hall–Kier alpha value is -3.02. The highest BCUT2D eigenvalue weighted by Gasteiger charge is 2.31. The molecule has 2 amide bonds. The number of carbonyl (C=O) groups excluding carboxylic acids is 2. The van der Waals surface area contributed by atoms with Gasteiger partial charge in [0.2, 0.25) is 11.8 Å². The molecule has 1 N–H and O–H groups in total. The van der Waals surface area contributed by atoms with E-state index in [-0.39, 0.29) is 30.8 Å². The Morgan fingerprint density at radius 2 is 1.56 bits per heavy atom. The number of nitrogens with zero attached hydrogens (tertiary/aromatic N) is 1. The molecule has 3 aromatic carbocycles. The summed E-state index contributed by atoms with van der Waals surface area (Å²) < 4.78 is 5.23. The number of nitrogens with one attached hydrogen (secondary N) is 1. The predicted octanol–water partition coefficient (Wildman–Crippen LogP) is 6.10. The number of methoxy groups -OCH3 is 1. The van der Waals surface area contributed by atoms with Gasteiger partial charge in [0, 0.05) is 34.6 Å². The van der Waals surface area contributed by atoms with Crippen LogP contribution in [0.15, 0.2) is 72.8 Å². The lowest BCUT2D eigenvalue weighted by Crippen LogP contribution is -2.52. The summed E-state index contributed by atoms with van der Waals surface area (Å²) in [7, 11) is 1.60. The van der Waals surface area contributed by atoms with Crippen LogP contribution in [-0.2, 0) is 29.0 Å². The Kier molecular flexibility index (Phi) is 10.2. The zero-order valence-electron chi connectivity index (χ0n) is 20.8. The largest absolute Gasteiger partial charge is 0.497 e. The lowest BCUT2D eigenvalue weighted by Gasteiger charge is -2.33. The minimum atomic E-state index is -0.750. The summed E-state index contributed by atoms with van der Waals surface area (Å²) in [5.74, 6) is 0.302. The van der Waals surface area contributed by atoms with Crippen molar-refractivity contribution in [3.63, 3.8) is 0 Å². The molecule has 0 aromatic heterocycles. The van der Waals surface area contributed by atoms with Gasteiger partial charge in [-0.1, -0.05) is 78.7 Å². The van der Waals surface area contributed by atoms with Gasteiger partial charge in [0.1, 0.15) is 11.8 Å². The third kappa shape index (κ3) is 7.49. The zero-order chi connectivity index (χ0) is 26.1. The third-order valence-electron chi connectivity index (χ3n) is 6.18. The molecule has 3 aromatic rings. The maximum Gasteiger partial charge on any atom is 0.243 e. The molecule has 5 nitrogen and oxygen atoms in total. The van der Waals surface area contributed by atoms with Crippen LogP contribution in [0.4, 0.5) is 0 Å². The summed E-state index contributed by atoms with van der Waals surface area (Å²) in [6, 6.07) is 21.5. The standard InChI is InChI=1S/C29H32Cl2N2O3/c1-4-20(2)32-29(35)27(17-21-9-6-5-7-10-21)33(19-24-25(30)11-8-12-26(24)31)28(34)18-22-13-15-23(36-3)16-14-22/h5-16,20,27H,4,17-19H2,1-3H3,(H,32,35)/t20-,27+/m1/s1. The highest BCUT2D eigenvalue weighted by molar-refractivity contribution is 6.36. The molecule has 0 saturated carbocycles. The number of carbonyl (C=O) groups is 2. The van der Waals surface area contributed by atoms with Crippen molar-refractivity contribution in [1.29, 1.82) is 0 Å². The number of halogens is 2. The van der Waals surface area contributed by atoms with Gasteiger partial charge in [-0.25, -0.2) is 0 Å². The topological polar surface area (TPSA) is 58.6 Å². The Morgan fingerprint density at radius 1 is 0.917 bits per heavy atom. The van der Waals surface area contributed by atoms with Gasteiger partial charge >= 0.3 is 0 Å². The fourth-order valence-electron chi connectivity index (χ4n) is 3.87. The van der Waals surface area contributed by atoms with Gasteiger partial charge in [-0.2, -0.15) is 0 Å². The number of hydrogen-bond donors (Lipinski definition) is 1. The molecule has 0 radical (unpaired) electrons. The molecule has 0 spiro atoms. The second-order valence-electron chi connectivity index (χ2n) is 8.77. The van der Waals surface area contributed by atoms with Gasteiger partial charge < -0.3 is 15.0 Å². The second-order valence-corrected chi connectivity index (χ2v) is 9.58. The fourth-order valence-corrected chi connectivity index (χ4v) is 4.39. The van der Waals surface area contributed by atoms with Crippen molar-refractivity contribution in [2.75, 3.05) is 7.11 Å². The first-order chi connectivity index (χ1) is 17.3. The molecule has 0 heterocycles. The molecule has 0 bridgehead atoms. The van der Waals surface area contributed by atoms with E-state index in [1.54, 1.807) is 30.2 Å². The summed E-state index contributed by atoms with van der Waals surface area (Å²) in [5, 5.41) is 3.96. The zero-order valence-corrected chi connectivity index (χ0v) is 22.4. The van der Waals surface area contributed by atoms with Gasteiger partial charge in [0.25, 0.3) is 0 Å². The molecular weight excluding hydrogens is 495 g/mol. The summed E-state index contributed by atoms with van der Waals surface area (Å²) in [5.41, 5.74) is 2.38. The van der Waals surface area contributed by atoms with Crippen molar-refractivity contribution >= 4 is 35.0 Å². The van der Waals surface area contributed by atoms with Crippen molar-refractivity contribution < 1.29 is 14.3 Å². The minimum Gasteiger partial charge on any atom is -0.497 e. The minimum absolute atomic E-state index is 0.0294. The van der Waals surface area contributed by atoms with Crippen LogP contribution in [0.1, 0.15) is 37.0 Å². The number of hydrogen-bond acceptors (Lipinski definition) is 3. The molecule has 7 heteroatoms. The molecule has 0 fully saturated rings. The van der Waals surface area contributed by atoms with E-state index in [9.17, 15) is 9.59 Å². The average Bonchev–Trinajstić information content (AvgIpc) is 2.88. The third-order valence-corrected chi connectivity index (χ3v) is 6.88. The maximum absolute atomic E-state index is 13.8. The number of rotatable bonds is 11. The van der Waals surface area contributed by atoms with Crippen LogP contribution in [0.2, 0.25) is 10.0 Å². The van der Waals surface area contributed by atoms with Crippen molar-refractivity contribution in [1.82, 2.24) is 10.2 Å². The van der Waals surface area contributed by atoms with Crippen LogP contribution in [-0.4, -0.2) is 35.9 Å². The smallest absolute Gasteiger partial charge is 0.243 e. The van der Waals surface area contributed by atoms with Gasteiger partial charge in [-0.15, -0.1) is 0 Å². The summed E-state index contributed by atoms with van der Waals surface area (Å²) >= 11 is 13.0. The SMILES string of the molecule is CC[C@@H](C)NC(=O)[C@H](Cc1ccccc1)N(Cc1c(Cl)cccc1Cl)C(=O)Cc1ccc(OC)cc1. The van der Waals surface area contributed by atoms with Crippen LogP contribution >= 0.6 is 23.2 Å². The molecule has 0 saturated heterocycles. The van der Waals surface area contributed by atoms with Crippen molar-refractivity contribution in [3.05, 3.63) is 99.5 Å². The van der Waals surface area contributed by atoms with Gasteiger partial charge in [0.15, 0.2) is 0 Å². The van der Waals surface area contributed by atoms with Crippen molar-refractivity contribution in [2.24, 2.45) is 0 Å². The van der Waals surface area contributed by atoms with E-state index in [1.165, 1.54) is 0 Å². The first kappa shape index (κ1) is 27.6. The van der Waals surface area contributed by atoms with Crippen molar-refractivity contribution in [3.8, 4) is 5.75 Å².